The fourth-order valence-electron chi connectivity index (χ4n) is 3.37. The fraction of sp³-hybridized carbons (Fsp3) is 0.120. The summed E-state index contributed by atoms with van der Waals surface area (Å²) in [4.78, 5) is 15.1. The van der Waals surface area contributed by atoms with Crippen molar-refractivity contribution in [2.45, 2.75) is 6.10 Å². The highest BCUT2D eigenvalue weighted by molar-refractivity contribution is 7.20. The zero-order valence-corrected chi connectivity index (χ0v) is 18.4. The average molecular weight is 445 g/mol. The number of hydrogen-bond donors (Lipinski definition) is 3. The lowest BCUT2D eigenvalue weighted by Crippen LogP contribution is -2.36. The van der Waals surface area contributed by atoms with Gasteiger partial charge in [0.05, 0.1) is 11.4 Å². The summed E-state index contributed by atoms with van der Waals surface area (Å²) in [5.74, 6) is 0.728. The largest absolute Gasteiger partial charge is 0.483 e. The number of nitrogens with zero attached hydrogens (tertiary/aromatic N) is 1. The Bertz CT molecular complexity index is 1220. The van der Waals surface area contributed by atoms with Gasteiger partial charge in [-0.2, -0.15) is 0 Å². The highest BCUT2D eigenvalue weighted by Crippen LogP contribution is 2.35. The van der Waals surface area contributed by atoms with Crippen molar-refractivity contribution in [1.82, 2.24) is 4.90 Å². The van der Waals surface area contributed by atoms with E-state index in [1.807, 2.05) is 84.9 Å². The predicted molar refractivity (Wildman–Crippen MR) is 131 cm³/mol. The number of likely N-dealkylation sites (N-methyl/N-ethyl adjacent to an activating group) is 1. The smallest absolute Gasteiger partial charge is 0.321 e. The van der Waals surface area contributed by atoms with Crippen LogP contribution in [0.5, 0.6) is 5.75 Å². The van der Waals surface area contributed by atoms with Gasteiger partial charge in [-0.3, -0.25) is 5.41 Å². The number of hydrogen-bond acceptors (Lipinski definition) is 4. The zero-order valence-electron chi connectivity index (χ0n) is 17.6. The highest BCUT2D eigenvalue weighted by atomic mass is 32.1. The Labute approximate surface area is 190 Å². The van der Waals surface area contributed by atoms with Gasteiger partial charge >= 0.3 is 6.03 Å². The van der Waals surface area contributed by atoms with Gasteiger partial charge in [-0.05, 0) is 35.9 Å². The Hall–Kier alpha value is -3.84. The molecule has 4 aromatic rings. The second kappa shape index (κ2) is 9.53. The van der Waals surface area contributed by atoms with E-state index in [0.717, 1.165) is 21.3 Å². The number of nitrogen functional groups attached to an aromatic ring is 1. The van der Waals surface area contributed by atoms with Gasteiger partial charge < -0.3 is 20.7 Å². The Morgan fingerprint density at radius 1 is 1.06 bits per heavy atom. The molecule has 0 saturated carbocycles. The van der Waals surface area contributed by atoms with Gasteiger partial charge in [0.1, 0.15) is 17.7 Å². The van der Waals surface area contributed by atoms with Crippen molar-refractivity contribution in [3.05, 3.63) is 95.4 Å². The van der Waals surface area contributed by atoms with E-state index >= 15 is 0 Å². The molecule has 32 heavy (non-hydrogen) atoms. The minimum atomic E-state index is -0.381. The van der Waals surface area contributed by atoms with Crippen LogP contribution in [0.2, 0.25) is 0 Å². The standard InChI is InChI=1S/C25H24N4O2S/c1-29(25(30)28-18-11-6-3-7-12-18)16-21(17-9-4-2-5-10-17)31-20-13-8-14-22-19(20)15-23(32-22)24(26)27/h2-15,21H,16H2,1H3,(H3,26,27)(H,28,30). The third kappa shape index (κ3) is 4.90. The average Bonchev–Trinajstić information content (AvgIpc) is 3.26. The molecule has 1 unspecified atom stereocenters. The molecular formula is C25H24N4O2S. The van der Waals surface area contributed by atoms with E-state index in [1.165, 1.54) is 11.3 Å². The van der Waals surface area contributed by atoms with E-state index in [2.05, 4.69) is 5.32 Å². The molecule has 7 heteroatoms. The number of carbonyl (C=O) groups is 1. The SMILES string of the molecule is CN(CC(Oc1cccc2sc(C(=N)N)cc12)c1ccccc1)C(=O)Nc1ccccc1. The van der Waals surface area contributed by atoms with E-state index in [9.17, 15) is 4.79 Å². The molecule has 0 aliphatic carbocycles. The number of urea groups is 1. The van der Waals surface area contributed by atoms with Crippen LogP contribution in [0, 0.1) is 5.41 Å². The van der Waals surface area contributed by atoms with Crippen LogP contribution in [0.3, 0.4) is 0 Å². The lowest BCUT2D eigenvalue weighted by Gasteiger charge is -2.26. The number of thiophene rings is 1. The summed E-state index contributed by atoms with van der Waals surface area (Å²) >= 11 is 1.46. The molecular weight excluding hydrogens is 420 g/mol. The number of carbonyl (C=O) groups excluding carboxylic acids is 1. The summed E-state index contributed by atoms with van der Waals surface area (Å²) < 4.78 is 7.45. The van der Waals surface area contributed by atoms with Crippen LogP contribution >= 0.6 is 11.3 Å². The summed E-state index contributed by atoms with van der Waals surface area (Å²) in [6.45, 7) is 0.350. The van der Waals surface area contributed by atoms with Crippen molar-refractivity contribution in [1.29, 1.82) is 5.41 Å². The molecule has 0 radical (unpaired) electrons. The second-order valence-electron chi connectivity index (χ2n) is 7.39. The number of benzene rings is 3. The molecule has 0 spiro atoms. The van der Waals surface area contributed by atoms with Crippen molar-refractivity contribution in [2.75, 3.05) is 18.9 Å². The lowest BCUT2D eigenvalue weighted by atomic mass is 10.1. The minimum Gasteiger partial charge on any atom is -0.483 e. The molecule has 0 bridgehead atoms. The van der Waals surface area contributed by atoms with Gasteiger partial charge in [0.15, 0.2) is 0 Å². The summed E-state index contributed by atoms with van der Waals surface area (Å²) in [5, 5.41) is 11.5. The number of rotatable bonds is 7. The number of ether oxygens (including phenoxy) is 1. The monoisotopic (exact) mass is 444 g/mol. The van der Waals surface area contributed by atoms with Crippen molar-refractivity contribution in [3.8, 4) is 5.75 Å². The molecule has 0 aliphatic heterocycles. The number of amides is 2. The van der Waals surface area contributed by atoms with Crippen LogP contribution in [-0.4, -0.2) is 30.4 Å². The Morgan fingerprint density at radius 3 is 2.44 bits per heavy atom. The zero-order chi connectivity index (χ0) is 22.5. The first-order valence-corrected chi connectivity index (χ1v) is 11.0. The summed E-state index contributed by atoms with van der Waals surface area (Å²) in [7, 11) is 1.75. The first kappa shape index (κ1) is 21.4. The maximum absolute atomic E-state index is 12.7. The molecule has 162 valence electrons. The van der Waals surface area contributed by atoms with Crippen LogP contribution in [0.1, 0.15) is 16.5 Å². The molecule has 2 amide bonds. The van der Waals surface area contributed by atoms with Gasteiger partial charge in [-0.25, -0.2) is 4.79 Å². The third-order valence-electron chi connectivity index (χ3n) is 5.04. The number of nitrogens with two attached hydrogens (primary N) is 1. The van der Waals surface area contributed by atoms with Crippen molar-refractivity contribution in [3.63, 3.8) is 0 Å². The van der Waals surface area contributed by atoms with Crippen molar-refractivity contribution < 1.29 is 9.53 Å². The predicted octanol–water partition coefficient (Wildman–Crippen LogP) is 5.47. The summed E-state index contributed by atoms with van der Waals surface area (Å²) in [6.07, 6.45) is -0.381. The number of anilines is 1. The number of fused-ring (bicyclic) bond motifs is 1. The van der Waals surface area contributed by atoms with Crippen molar-refractivity contribution >= 4 is 39.0 Å². The van der Waals surface area contributed by atoms with Gasteiger partial charge in [-0.1, -0.05) is 54.6 Å². The maximum atomic E-state index is 12.7. The maximum Gasteiger partial charge on any atom is 0.321 e. The third-order valence-corrected chi connectivity index (χ3v) is 6.17. The molecule has 1 atom stereocenters. The molecule has 4 N–H and O–H groups in total. The normalized spacial score (nSPS) is 11.7. The summed E-state index contributed by atoms with van der Waals surface area (Å²) in [6, 6.07) is 26.7. The van der Waals surface area contributed by atoms with Crippen LogP contribution in [0.25, 0.3) is 10.1 Å². The summed E-state index contributed by atoms with van der Waals surface area (Å²) in [5.41, 5.74) is 7.39. The van der Waals surface area contributed by atoms with E-state index in [0.29, 0.717) is 17.2 Å². The molecule has 0 aliphatic rings. The molecule has 1 aromatic heterocycles. The van der Waals surface area contributed by atoms with Crippen LogP contribution < -0.4 is 15.8 Å². The number of para-hydroxylation sites is 1. The first-order valence-electron chi connectivity index (χ1n) is 10.2. The van der Waals surface area contributed by atoms with Crippen LogP contribution in [0.4, 0.5) is 10.5 Å². The Balaban J connectivity index is 1.59. The molecule has 0 saturated heterocycles. The van der Waals surface area contributed by atoms with Crippen LogP contribution in [-0.2, 0) is 0 Å². The molecule has 3 aromatic carbocycles. The van der Waals surface area contributed by atoms with E-state index in [-0.39, 0.29) is 18.0 Å². The molecule has 6 nitrogen and oxygen atoms in total. The van der Waals surface area contributed by atoms with E-state index in [1.54, 1.807) is 11.9 Å². The lowest BCUT2D eigenvalue weighted by molar-refractivity contribution is 0.157. The van der Waals surface area contributed by atoms with E-state index in [4.69, 9.17) is 15.9 Å². The van der Waals surface area contributed by atoms with Gasteiger partial charge in [-0.15, -0.1) is 11.3 Å². The topological polar surface area (TPSA) is 91.4 Å². The van der Waals surface area contributed by atoms with Crippen LogP contribution in [0.15, 0.2) is 84.9 Å². The van der Waals surface area contributed by atoms with E-state index < -0.39 is 0 Å². The quantitative estimate of drug-likeness (QED) is 0.261. The minimum absolute atomic E-state index is 0.0362. The number of nitrogens with one attached hydrogen (secondary N) is 2. The molecule has 0 fully saturated rings. The Kier molecular flexibility index (Phi) is 6.37. The highest BCUT2D eigenvalue weighted by Gasteiger charge is 2.21. The van der Waals surface area contributed by atoms with Gasteiger partial charge in [0.2, 0.25) is 0 Å². The Morgan fingerprint density at radius 2 is 1.75 bits per heavy atom. The molecule has 1 heterocycles. The van der Waals surface area contributed by atoms with Gasteiger partial charge in [0.25, 0.3) is 0 Å². The van der Waals surface area contributed by atoms with Gasteiger partial charge in [0, 0.05) is 22.8 Å². The molecule has 4 rings (SSSR count). The number of amidine groups is 1. The van der Waals surface area contributed by atoms with Crippen molar-refractivity contribution in [2.24, 2.45) is 5.73 Å². The second-order valence-corrected chi connectivity index (χ2v) is 8.47. The first-order chi connectivity index (χ1) is 15.5. The fourth-order valence-corrected chi connectivity index (χ4v) is 4.31.